The van der Waals surface area contributed by atoms with Crippen molar-refractivity contribution in [3.8, 4) is 0 Å². The number of hydrogen-bond donors (Lipinski definition) is 1. The number of allylic oxidation sites excluding steroid dienone is 2. The summed E-state index contributed by atoms with van der Waals surface area (Å²) in [5.74, 6) is 0. The minimum atomic E-state index is 0.538. The lowest BCUT2D eigenvalue weighted by Gasteiger charge is -1.96. The zero-order chi connectivity index (χ0) is 7.44. The molecule has 1 nitrogen and oxygen atoms in total. The second-order valence-corrected chi connectivity index (χ2v) is 2.27. The Kier molecular flexibility index (Phi) is 2.79. The molecule has 0 heterocycles. The summed E-state index contributed by atoms with van der Waals surface area (Å²) in [6.45, 7) is 11.2. The van der Waals surface area contributed by atoms with Crippen molar-refractivity contribution in [2.24, 2.45) is 5.73 Å². The fourth-order valence-corrected chi connectivity index (χ4v) is 0.441. The van der Waals surface area contributed by atoms with Gasteiger partial charge >= 0.3 is 0 Å². The van der Waals surface area contributed by atoms with Crippen LogP contribution in [0, 0.1) is 0 Å². The van der Waals surface area contributed by atoms with Gasteiger partial charge in [0.25, 0.3) is 0 Å². The van der Waals surface area contributed by atoms with Gasteiger partial charge in [-0.25, -0.2) is 0 Å². The predicted molar refractivity (Wildman–Crippen MR) is 41.9 cm³/mol. The van der Waals surface area contributed by atoms with Gasteiger partial charge < -0.3 is 5.73 Å². The molecule has 0 spiro atoms. The van der Waals surface area contributed by atoms with Crippen molar-refractivity contribution in [3.05, 3.63) is 36.1 Å². The third-order valence-electron chi connectivity index (χ3n) is 0.875. The second kappa shape index (κ2) is 3.13. The van der Waals surface area contributed by atoms with Crippen molar-refractivity contribution in [2.75, 3.05) is 0 Å². The maximum atomic E-state index is 5.35. The number of nitrogens with two attached hydrogens (primary N) is 1. The van der Waals surface area contributed by atoms with Crippen molar-refractivity contribution >= 4 is 0 Å². The first-order valence-electron chi connectivity index (χ1n) is 2.82. The fourth-order valence-electron chi connectivity index (χ4n) is 0.441. The Morgan fingerprint density at radius 2 is 1.78 bits per heavy atom. The summed E-state index contributed by atoms with van der Waals surface area (Å²) in [6.07, 6.45) is 1.91. The van der Waals surface area contributed by atoms with E-state index in [1.165, 1.54) is 5.57 Å². The summed E-state index contributed by atoms with van der Waals surface area (Å²) in [5.41, 5.74) is 7.87. The molecule has 0 unspecified atom stereocenters. The van der Waals surface area contributed by atoms with Gasteiger partial charge in [0, 0.05) is 5.70 Å². The largest absolute Gasteiger partial charge is 0.399 e. The number of rotatable bonds is 2. The van der Waals surface area contributed by atoms with Crippen LogP contribution in [0.2, 0.25) is 0 Å². The molecule has 0 rings (SSSR count). The number of hydrogen-bond acceptors (Lipinski definition) is 1. The van der Waals surface area contributed by atoms with Gasteiger partial charge in [-0.3, -0.25) is 0 Å². The normalized spacial score (nSPS) is 8.22. The van der Waals surface area contributed by atoms with Gasteiger partial charge in [-0.15, -0.1) is 0 Å². The molecule has 0 aliphatic carbocycles. The topological polar surface area (TPSA) is 26.0 Å². The Morgan fingerprint density at radius 1 is 1.33 bits per heavy atom. The van der Waals surface area contributed by atoms with Gasteiger partial charge in [0.2, 0.25) is 0 Å². The molecular formula is C8H13N. The fraction of sp³-hybridized carbons (Fsp3) is 0.250. The van der Waals surface area contributed by atoms with Crippen LogP contribution < -0.4 is 5.73 Å². The molecule has 1 heteroatoms. The van der Waals surface area contributed by atoms with Gasteiger partial charge in [-0.2, -0.15) is 0 Å². The van der Waals surface area contributed by atoms with Crippen LogP contribution in [0.5, 0.6) is 0 Å². The van der Waals surface area contributed by atoms with Crippen molar-refractivity contribution in [1.82, 2.24) is 0 Å². The lowest BCUT2D eigenvalue weighted by atomic mass is 10.2. The van der Waals surface area contributed by atoms with Crippen molar-refractivity contribution in [1.29, 1.82) is 0 Å². The Labute approximate surface area is 56.6 Å². The molecule has 50 valence electrons. The molecule has 0 aliphatic heterocycles. The molecule has 0 aromatic heterocycles. The summed E-state index contributed by atoms with van der Waals surface area (Å²) in [4.78, 5) is 0. The van der Waals surface area contributed by atoms with Crippen molar-refractivity contribution in [3.63, 3.8) is 0 Å². The summed E-state index contributed by atoms with van der Waals surface area (Å²) in [7, 11) is 0. The summed E-state index contributed by atoms with van der Waals surface area (Å²) < 4.78 is 0. The van der Waals surface area contributed by atoms with Gasteiger partial charge in [0.1, 0.15) is 0 Å². The second-order valence-electron chi connectivity index (χ2n) is 2.27. The first-order valence-corrected chi connectivity index (χ1v) is 2.82. The highest BCUT2D eigenvalue weighted by molar-refractivity contribution is 5.34. The average Bonchev–Trinajstić information content (AvgIpc) is 1.63. The zero-order valence-corrected chi connectivity index (χ0v) is 6.07. The summed E-state index contributed by atoms with van der Waals surface area (Å²) >= 11 is 0. The Bertz CT molecular complexity index is 159. The monoisotopic (exact) mass is 123 g/mol. The Balaban J connectivity index is 4.09. The highest BCUT2D eigenvalue weighted by Crippen LogP contribution is 2.02. The van der Waals surface area contributed by atoms with Crippen LogP contribution in [0.4, 0.5) is 0 Å². The van der Waals surface area contributed by atoms with Crippen LogP contribution >= 0.6 is 0 Å². The molecule has 2 N–H and O–H groups in total. The predicted octanol–water partition coefficient (Wildman–Crippen LogP) is 1.98. The van der Waals surface area contributed by atoms with E-state index in [0.29, 0.717) is 5.70 Å². The van der Waals surface area contributed by atoms with Crippen LogP contribution in [-0.2, 0) is 0 Å². The van der Waals surface area contributed by atoms with Gasteiger partial charge in [0.05, 0.1) is 0 Å². The third-order valence-corrected chi connectivity index (χ3v) is 0.875. The SMILES string of the molecule is C=C(N)C(=C)C=C(C)C. The minimum Gasteiger partial charge on any atom is -0.399 e. The Hall–Kier alpha value is -0.980. The van der Waals surface area contributed by atoms with Crippen LogP contribution in [0.15, 0.2) is 36.1 Å². The van der Waals surface area contributed by atoms with Crippen LogP contribution in [0.3, 0.4) is 0 Å². The minimum absolute atomic E-state index is 0.538. The highest BCUT2D eigenvalue weighted by Gasteiger charge is 1.87. The van der Waals surface area contributed by atoms with Crippen LogP contribution in [-0.4, -0.2) is 0 Å². The first kappa shape index (κ1) is 8.02. The van der Waals surface area contributed by atoms with E-state index in [2.05, 4.69) is 13.2 Å². The van der Waals surface area contributed by atoms with Crippen molar-refractivity contribution < 1.29 is 0 Å². The maximum Gasteiger partial charge on any atom is 0.0308 e. The van der Waals surface area contributed by atoms with Crippen LogP contribution in [0.25, 0.3) is 0 Å². The van der Waals surface area contributed by atoms with Gasteiger partial charge in [-0.1, -0.05) is 24.8 Å². The lowest BCUT2D eigenvalue weighted by Crippen LogP contribution is -1.95. The van der Waals surface area contributed by atoms with Gasteiger partial charge in [-0.05, 0) is 19.4 Å². The molecule has 9 heavy (non-hydrogen) atoms. The third kappa shape index (κ3) is 3.59. The van der Waals surface area contributed by atoms with E-state index in [1.807, 2.05) is 19.9 Å². The molecular weight excluding hydrogens is 110 g/mol. The standard InChI is InChI=1S/C8H13N/c1-6(2)5-7(3)8(4)9/h5H,3-4,9H2,1-2H3. The molecule has 0 aromatic rings. The van der Waals surface area contributed by atoms with E-state index in [0.717, 1.165) is 5.57 Å². The van der Waals surface area contributed by atoms with E-state index in [4.69, 9.17) is 5.73 Å². The Morgan fingerprint density at radius 3 is 1.89 bits per heavy atom. The van der Waals surface area contributed by atoms with E-state index in [-0.39, 0.29) is 0 Å². The van der Waals surface area contributed by atoms with Gasteiger partial charge in [0.15, 0.2) is 0 Å². The summed E-state index contributed by atoms with van der Waals surface area (Å²) in [5, 5.41) is 0. The smallest absolute Gasteiger partial charge is 0.0308 e. The molecule has 0 radical (unpaired) electrons. The van der Waals surface area contributed by atoms with Crippen LogP contribution in [0.1, 0.15) is 13.8 Å². The summed E-state index contributed by atoms with van der Waals surface area (Å²) in [6, 6.07) is 0. The van der Waals surface area contributed by atoms with Crippen molar-refractivity contribution in [2.45, 2.75) is 13.8 Å². The van der Waals surface area contributed by atoms with E-state index in [1.54, 1.807) is 0 Å². The van der Waals surface area contributed by atoms with E-state index >= 15 is 0 Å². The molecule has 0 saturated heterocycles. The first-order chi connectivity index (χ1) is 4.04. The zero-order valence-electron chi connectivity index (χ0n) is 6.07. The van der Waals surface area contributed by atoms with E-state index in [9.17, 15) is 0 Å². The molecule has 0 amide bonds. The molecule has 0 atom stereocenters. The molecule has 0 bridgehead atoms. The quantitative estimate of drug-likeness (QED) is 0.558. The van der Waals surface area contributed by atoms with E-state index < -0.39 is 0 Å². The molecule has 0 aliphatic rings. The maximum absolute atomic E-state index is 5.35. The highest BCUT2D eigenvalue weighted by atomic mass is 14.6. The molecule has 0 saturated carbocycles. The molecule has 0 fully saturated rings. The molecule has 0 aromatic carbocycles. The average molecular weight is 123 g/mol. The lowest BCUT2D eigenvalue weighted by molar-refractivity contribution is 1.32.